The molecule has 0 aliphatic carbocycles. The maximum Gasteiger partial charge on any atom is 0.343 e. The van der Waals surface area contributed by atoms with Crippen molar-refractivity contribution in [2.24, 2.45) is 4.99 Å². The third-order valence-corrected chi connectivity index (χ3v) is 4.56. The van der Waals surface area contributed by atoms with E-state index in [9.17, 15) is 9.59 Å². The quantitative estimate of drug-likeness (QED) is 0.674. The van der Waals surface area contributed by atoms with Crippen molar-refractivity contribution in [1.29, 1.82) is 0 Å². The van der Waals surface area contributed by atoms with Crippen molar-refractivity contribution in [2.75, 3.05) is 18.5 Å². The number of nitrogens with zero attached hydrogens (tertiary/aromatic N) is 1. The fourth-order valence-corrected chi connectivity index (χ4v) is 3.06. The van der Waals surface area contributed by atoms with Crippen molar-refractivity contribution in [2.45, 2.75) is 20.3 Å². The Balaban J connectivity index is 1.89. The number of esters is 1. The lowest BCUT2D eigenvalue weighted by atomic mass is 10.1. The number of hydrogen-bond donors (Lipinski definition) is 2. The van der Waals surface area contributed by atoms with Crippen molar-refractivity contribution < 1.29 is 19.1 Å². The lowest BCUT2D eigenvalue weighted by molar-refractivity contribution is -0.137. The van der Waals surface area contributed by atoms with Gasteiger partial charge >= 0.3 is 5.97 Å². The summed E-state index contributed by atoms with van der Waals surface area (Å²) in [4.78, 5) is 29.8. The number of halogens is 1. The summed E-state index contributed by atoms with van der Waals surface area (Å²) in [5.74, 6) is -0.555. The molecule has 0 radical (unpaired) electrons. The number of ether oxygens (including phenoxy) is 2. The highest BCUT2D eigenvalue weighted by atomic mass is 35.5. The van der Waals surface area contributed by atoms with Gasteiger partial charge in [-0.25, -0.2) is 9.79 Å². The molecule has 1 aliphatic rings. The van der Waals surface area contributed by atoms with Gasteiger partial charge < -0.3 is 20.1 Å². The lowest BCUT2D eigenvalue weighted by Gasteiger charge is -2.15. The number of amides is 1. The molecule has 1 amide bonds. The van der Waals surface area contributed by atoms with E-state index in [1.165, 1.54) is 0 Å². The van der Waals surface area contributed by atoms with Crippen molar-refractivity contribution >= 4 is 40.7 Å². The molecule has 0 fully saturated rings. The summed E-state index contributed by atoms with van der Waals surface area (Å²) in [6.07, 6.45) is 0.507. The second kappa shape index (κ2) is 9.93. The number of amidine groups is 1. The molecular formula is C22H22ClN3O4. The Morgan fingerprint density at radius 3 is 2.57 bits per heavy atom. The summed E-state index contributed by atoms with van der Waals surface area (Å²) in [5.41, 5.74) is 2.10. The molecule has 0 bridgehead atoms. The number of rotatable bonds is 6. The van der Waals surface area contributed by atoms with Crippen LogP contribution in [0.25, 0.3) is 0 Å². The van der Waals surface area contributed by atoms with Crippen molar-refractivity contribution in [1.82, 2.24) is 5.32 Å². The smallest absolute Gasteiger partial charge is 0.343 e. The third kappa shape index (κ3) is 4.99. The van der Waals surface area contributed by atoms with Crippen LogP contribution < -0.4 is 15.4 Å². The van der Waals surface area contributed by atoms with Gasteiger partial charge in [0.05, 0.1) is 23.0 Å². The topological polar surface area (TPSA) is 89.0 Å². The fraction of sp³-hybridized carbons (Fsp3) is 0.227. The number of para-hydroxylation sites is 3. The Labute approximate surface area is 179 Å². The molecule has 0 aromatic heterocycles. The molecule has 2 aromatic rings. The van der Waals surface area contributed by atoms with Crippen LogP contribution in [-0.2, 0) is 14.3 Å². The molecule has 8 heteroatoms. The zero-order valence-electron chi connectivity index (χ0n) is 16.7. The van der Waals surface area contributed by atoms with Gasteiger partial charge in [0.2, 0.25) is 0 Å². The minimum absolute atomic E-state index is 0.107. The molecule has 0 saturated heterocycles. The van der Waals surface area contributed by atoms with Crippen LogP contribution in [0.5, 0.6) is 5.75 Å². The van der Waals surface area contributed by atoms with Crippen LogP contribution in [0.2, 0.25) is 5.02 Å². The number of carbonyl (C=O) groups is 2. The number of aliphatic imine (C=N–C) groups is 1. The number of carbonyl (C=O) groups excluding carboxylic acids is 2. The van der Waals surface area contributed by atoms with Gasteiger partial charge in [0.15, 0.2) is 6.61 Å². The van der Waals surface area contributed by atoms with E-state index >= 15 is 0 Å². The standard InChI is InChI=1S/C22H22ClN3O4/c1-3-15-20(22(28)29-4-2)21(25-17-11-7-6-10-16(17)24-15)26-19(27)13-30-18-12-8-5-9-14(18)23/h5-12,24H,3-4,13H2,1-2H3,(H,25,26,27). The number of benzene rings is 2. The zero-order valence-corrected chi connectivity index (χ0v) is 17.5. The van der Waals surface area contributed by atoms with Crippen molar-refractivity contribution in [3.8, 4) is 5.75 Å². The van der Waals surface area contributed by atoms with Crippen LogP contribution in [0.3, 0.4) is 0 Å². The molecular weight excluding hydrogens is 406 g/mol. The van der Waals surface area contributed by atoms with E-state index in [1.54, 1.807) is 37.3 Å². The molecule has 7 nitrogen and oxygen atoms in total. The minimum atomic E-state index is -0.569. The molecule has 2 aromatic carbocycles. The first-order valence-corrected chi connectivity index (χ1v) is 9.93. The molecule has 3 rings (SSSR count). The molecule has 0 spiro atoms. The number of fused-ring (bicyclic) bond motifs is 1. The lowest BCUT2D eigenvalue weighted by Crippen LogP contribution is -2.38. The van der Waals surface area contributed by atoms with Crippen molar-refractivity contribution in [3.05, 3.63) is 64.8 Å². The number of nitrogens with one attached hydrogen (secondary N) is 2. The summed E-state index contributed by atoms with van der Waals surface area (Å²) in [5, 5.41) is 6.32. The molecule has 30 heavy (non-hydrogen) atoms. The summed E-state index contributed by atoms with van der Waals surface area (Å²) in [6, 6.07) is 14.2. The molecule has 156 valence electrons. The second-order valence-electron chi connectivity index (χ2n) is 6.30. The normalized spacial score (nSPS) is 12.8. The molecule has 0 saturated carbocycles. The maximum atomic E-state index is 12.7. The first-order chi connectivity index (χ1) is 14.5. The highest BCUT2D eigenvalue weighted by Crippen LogP contribution is 2.31. The van der Waals surface area contributed by atoms with Gasteiger partial charge in [-0.3, -0.25) is 4.79 Å². The Hall–Kier alpha value is -3.32. The average molecular weight is 428 g/mol. The zero-order chi connectivity index (χ0) is 21.5. The third-order valence-electron chi connectivity index (χ3n) is 4.25. The fourth-order valence-electron chi connectivity index (χ4n) is 2.87. The minimum Gasteiger partial charge on any atom is -0.482 e. The van der Waals surface area contributed by atoms with E-state index < -0.39 is 11.9 Å². The van der Waals surface area contributed by atoms with Crippen LogP contribution >= 0.6 is 11.6 Å². The van der Waals surface area contributed by atoms with Crippen LogP contribution in [0, 0.1) is 0 Å². The molecule has 0 atom stereocenters. The number of anilines is 1. The Bertz CT molecular complexity index is 1020. The summed E-state index contributed by atoms with van der Waals surface area (Å²) < 4.78 is 10.7. The van der Waals surface area contributed by atoms with Crippen molar-refractivity contribution in [3.63, 3.8) is 0 Å². The summed E-state index contributed by atoms with van der Waals surface area (Å²) in [6.45, 7) is 3.52. The van der Waals surface area contributed by atoms with Crippen LogP contribution in [0.15, 0.2) is 64.8 Å². The molecule has 1 heterocycles. The van der Waals surface area contributed by atoms with Gasteiger partial charge in [-0.2, -0.15) is 0 Å². The predicted molar refractivity (Wildman–Crippen MR) is 116 cm³/mol. The average Bonchev–Trinajstić information content (AvgIpc) is 2.89. The van der Waals surface area contributed by atoms with E-state index in [-0.39, 0.29) is 24.6 Å². The first kappa shape index (κ1) is 21.4. The largest absolute Gasteiger partial charge is 0.482 e. The van der Waals surface area contributed by atoms with E-state index in [2.05, 4.69) is 15.6 Å². The van der Waals surface area contributed by atoms with Crippen LogP contribution in [0.1, 0.15) is 20.3 Å². The van der Waals surface area contributed by atoms with E-state index in [4.69, 9.17) is 21.1 Å². The highest BCUT2D eigenvalue weighted by Gasteiger charge is 2.27. The van der Waals surface area contributed by atoms with Crippen LogP contribution in [-0.4, -0.2) is 30.9 Å². The second-order valence-corrected chi connectivity index (χ2v) is 6.70. The SMILES string of the molecule is CCOC(=O)C1=C(CC)Nc2ccccc2N=C1NC(=O)COc1ccccc1Cl. The van der Waals surface area contributed by atoms with E-state index in [1.807, 2.05) is 25.1 Å². The van der Waals surface area contributed by atoms with Crippen LogP contribution in [0.4, 0.5) is 11.4 Å². The van der Waals surface area contributed by atoms with Gasteiger partial charge in [-0.1, -0.05) is 42.8 Å². The van der Waals surface area contributed by atoms with Gasteiger partial charge in [-0.05, 0) is 37.6 Å². The molecule has 1 aliphatic heterocycles. The predicted octanol–water partition coefficient (Wildman–Crippen LogP) is 4.22. The Morgan fingerprint density at radius 1 is 1.10 bits per heavy atom. The highest BCUT2D eigenvalue weighted by molar-refractivity contribution is 6.32. The first-order valence-electron chi connectivity index (χ1n) is 9.56. The Kier molecular flexibility index (Phi) is 7.08. The number of hydrogen-bond acceptors (Lipinski definition) is 6. The molecule has 2 N–H and O–H groups in total. The monoisotopic (exact) mass is 427 g/mol. The Morgan fingerprint density at radius 2 is 1.83 bits per heavy atom. The van der Waals surface area contributed by atoms with Gasteiger partial charge in [0.1, 0.15) is 17.2 Å². The van der Waals surface area contributed by atoms with Gasteiger partial charge in [0.25, 0.3) is 5.91 Å². The van der Waals surface area contributed by atoms with Gasteiger partial charge in [0, 0.05) is 5.70 Å². The van der Waals surface area contributed by atoms with E-state index in [0.29, 0.717) is 28.6 Å². The van der Waals surface area contributed by atoms with E-state index in [0.717, 1.165) is 5.69 Å². The summed E-state index contributed by atoms with van der Waals surface area (Å²) in [7, 11) is 0. The molecule has 0 unspecified atom stereocenters. The number of allylic oxidation sites excluding steroid dienone is 1. The summed E-state index contributed by atoms with van der Waals surface area (Å²) >= 11 is 6.06. The van der Waals surface area contributed by atoms with Gasteiger partial charge in [-0.15, -0.1) is 0 Å². The maximum absolute atomic E-state index is 12.7.